The van der Waals surface area contributed by atoms with Gasteiger partial charge in [0.25, 0.3) is 5.91 Å². The van der Waals surface area contributed by atoms with Crippen molar-refractivity contribution in [3.63, 3.8) is 0 Å². The number of rotatable bonds is 2. The number of likely N-dealkylation sites (N-methyl/N-ethyl adjacent to an activating group) is 1. The van der Waals surface area contributed by atoms with Gasteiger partial charge in [0.1, 0.15) is 5.60 Å². The molecule has 0 bridgehead atoms. The first-order valence-corrected chi connectivity index (χ1v) is 5.33. The second-order valence-corrected chi connectivity index (χ2v) is 4.53. The van der Waals surface area contributed by atoms with Crippen LogP contribution in [0.25, 0.3) is 11.0 Å². The summed E-state index contributed by atoms with van der Waals surface area (Å²) in [7, 11) is 1.64. The molecule has 5 heteroatoms. The van der Waals surface area contributed by atoms with Crippen LogP contribution in [0.15, 0.2) is 24.5 Å². The molecule has 0 aliphatic heterocycles. The van der Waals surface area contributed by atoms with Gasteiger partial charge in [-0.2, -0.15) is 0 Å². The zero-order valence-electron chi connectivity index (χ0n) is 10.1. The highest BCUT2D eigenvalue weighted by Crippen LogP contribution is 2.21. The van der Waals surface area contributed by atoms with Gasteiger partial charge in [-0.3, -0.25) is 4.79 Å². The molecule has 0 radical (unpaired) electrons. The van der Waals surface area contributed by atoms with Crippen LogP contribution in [0.3, 0.4) is 0 Å². The number of carbonyl (C=O) groups excluding carboxylic acids is 1. The maximum atomic E-state index is 11.9. The molecule has 5 nitrogen and oxygen atoms in total. The summed E-state index contributed by atoms with van der Waals surface area (Å²) in [6, 6.07) is 5.45. The number of H-pyrrole nitrogens is 1. The molecule has 2 N–H and O–H groups in total. The summed E-state index contributed by atoms with van der Waals surface area (Å²) in [5.74, 6) is -0.351. The van der Waals surface area contributed by atoms with E-state index < -0.39 is 5.60 Å². The highest BCUT2D eigenvalue weighted by Gasteiger charge is 2.28. The maximum Gasteiger partial charge on any atom is 0.258 e. The van der Waals surface area contributed by atoms with Crippen molar-refractivity contribution in [2.24, 2.45) is 0 Å². The van der Waals surface area contributed by atoms with Gasteiger partial charge in [0.2, 0.25) is 0 Å². The van der Waals surface area contributed by atoms with Crippen molar-refractivity contribution >= 4 is 22.6 Å². The second kappa shape index (κ2) is 3.85. The van der Waals surface area contributed by atoms with E-state index in [0.29, 0.717) is 5.69 Å². The largest absolute Gasteiger partial charge is 0.381 e. The van der Waals surface area contributed by atoms with Gasteiger partial charge in [-0.1, -0.05) is 0 Å². The summed E-state index contributed by atoms with van der Waals surface area (Å²) in [5, 5.41) is 9.68. The Morgan fingerprint density at radius 1 is 1.47 bits per heavy atom. The molecule has 0 unspecified atom stereocenters. The summed E-state index contributed by atoms with van der Waals surface area (Å²) in [4.78, 5) is 20.4. The van der Waals surface area contributed by atoms with Crippen LogP contribution in [0, 0.1) is 0 Å². The number of aromatic nitrogens is 2. The predicted molar refractivity (Wildman–Crippen MR) is 65.8 cm³/mol. The van der Waals surface area contributed by atoms with E-state index in [0.717, 1.165) is 11.0 Å². The fraction of sp³-hybridized carbons (Fsp3) is 0.333. The number of aromatic amines is 1. The van der Waals surface area contributed by atoms with E-state index >= 15 is 0 Å². The predicted octanol–water partition coefficient (Wildman–Crippen LogP) is 1.30. The molecule has 1 amide bonds. The number of nitrogens with zero attached hydrogens (tertiary/aromatic N) is 2. The lowest BCUT2D eigenvalue weighted by Gasteiger charge is -2.24. The molecule has 0 aliphatic carbocycles. The molecular weight excluding hydrogens is 218 g/mol. The SMILES string of the molecule is CN(C(=O)C(C)(C)O)c1ccc2nc[nH]c2c1. The standard InChI is InChI=1S/C12H15N3O2/c1-12(2,17)11(16)15(3)8-4-5-9-10(6-8)14-7-13-9/h4-7,17H,1-3H3,(H,13,14). The Labute approximate surface area is 99.1 Å². The molecule has 0 fully saturated rings. The first kappa shape index (κ1) is 11.6. The molecule has 0 atom stereocenters. The molecule has 2 aromatic rings. The summed E-state index contributed by atoms with van der Waals surface area (Å²) in [6.45, 7) is 2.95. The van der Waals surface area contributed by atoms with Crippen LogP contribution >= 0.6 is 0 Å². The van der Waals surface area contributed by atoms with Crippen molar-refractivity contribution in [3.8, 4) is 0 Å². The van der Waals surface area contributed by atoms with Gasteiger partial charge < -0.3 is 15.0 Å². The number of fused-ring (bicyclic) bond motifs is 1. The van der Waals surface area contributed by atoms with Crippen LogP contribution in [0.1, 0.15) is 13.8 Å². The van der Waals surface area contributed by atoms with Crippen molar-refractivity contribution in [1.82, 2.24) is 9.97 Å². The first-order valence-electron chi connectivity index (χ1n) is 5.33. The van der Waals surface area contributed by atoms with E-state index in [1.165, 1.54) is 18.7 Å². The lowest BCUT2D eigenvalue weighted by atomic mass is 10.1. The Bertz CT molecular complexity index is 554. The summed E-state index contributed by atoms with van der Waals surface area (Å²) in [6.07, 6.45) is 1.60. The van der Waals surface area contributed by atoms with E-state index in [2.05, 4.69) is 9.97 Å². The normalized spacial score (nSPS) is 11.8. The van der Waals surface area contributed by atoms with Crippen molar-refractivity contribution in [1.29, 1.82) is 0 Å². The molecule has 17 heavy (non-hydrogen) atoms. The highest BCUT2D eigenvalue weighted by atomic mass is 16.3. The molecule has 1 aromatic carbocycles. The summed E-state index contributed by atoms with van der Waals surface area (Å²) < 4.78 is 0. The number of aliphatic hydroxyl groups is 1. The van der Waals surface area contributed by atoms with Crippen molar-refractivity contribution in [3.05, 3.63) is 24.5 Å². The van der Waals surface area contributed by atoms with Crippen LogP contribution in [0.2, 0.25) is 0 Å². The van der Waals surface area contributed by atoms with Gasteiger partial charge >= 0.3 is 0 Å². The number of hydrogen-bond acceptors (Lipinski definition) is 3. The number of imidazole rings is 1. The average Bonchev–Trinajstić information content (AvgIpc) is 2.72. The zero-order valence-corrected chi connectivity index (χ0v) is 10.1. The van der Waals surface area contributed by atoms with E-state index in [4.69, 9.17) is 0 Å². The van der Waals surface area contributed by atoms with Crippen molar-refractivity contribution in [2.75, 3.05) is 11.9 Å². The van der Waals surface area contributed by atoms with Crippen LogP contribution in [0.4, 0.5) is 5.69 Å². The fourth-order valence-electron chi connectivity index (χ4n) is 1.66. The quantitative estimate of drug-likeness (QED) is 0.821. The highest BCUT2D eigenvalue weighted by molar-refractivity contribution is 5.99. The smallest absolute Gasteiger partial charge is 0.258 e. The zero-order chi connectivity index (χ0) is 12.6. The number of carbonyl (C=O) groups is 1. The number of benzene rings is 1. The number of nitrogens with one attached hydrogen (secondary N) is 1. The lowest BCUT2D eigenvalue weighted by Crippen LogP contribution is -2.43. The van der Waals surface area contributed by atoms with E-state index in [1.54, 1.807) is 19.4 Å². The molecule has 0 aliphatic rings. The third-order valence-corrected chi connectivity index (χ3v) is 2.62. The lowest BCUT2D eigenvalue weighted by molar-refractivity contribution is -0.133. The van der Waals surface area contributed by atoms with Crippen LogP contribution in [-0.2, 0) is 4.79 Å². The average molecular weight is 233 g/mol. The number of hydrogen-bond donors (Lipinski definition) is 2. The molecule has 90 valence electrons. The van der Waals surface area contributed by atoms with E-state index in [9.17, 15) is 9.90 Å². The minimum atomic E-state index is -1.38. The molecule has 0 spiro atoms. The molecule has 1 aromatic heterocycles. The second-order valence-electron chi connectivity index (χ2n) is 4.53. The Balaban J connectivity index is 2.36. The van der Waals surface area contributed by atoms with Gasteiger partial charge in [0, 0.05) is 12.7 Å². The Morgan fingerprint density at radius 3 is 2.82 bits per heavy atom. The number of amides is 1. The Kier molecular flexibility index (Phi) is 2.63. The summed E-state index contributed by atoms with van der Waals surface area (Å²) >= 11 is 0. The topological polar surface area (TPSA) is 69.2 Å². The third-order valence-electron chi connectivity index (χ3n) is 2.62. The van der Waals surface area contributed by atoms with Crippen molar-refractivity contribution in [2.45, 2.75) is 19.4 Å². The summed E-state index contributed by atoms with van der Waals surface area (Å²) in [5.41, 5.74) is 1.04. The van der Waals surface area contributed by atoms with Crippen LogP contribution < -0.4 is 4.90 Å². The molecular formula is C12H15N3O2. The molecule has 2 rings (SSSR count). The minimum absolute atomic E-state index is 0.351. The monoisotopic (exact) mass is 233 g/mol. The van der Waals surface area contributed by atoms with Gasteiger partial charge in [-0.05, 0) is 32.0 Å². The van der Waals surface area contributed by atoms with Gasteiger partial charge in [-0.25, -0.2) is 4.98 Å². The number of anilines is 1. The molecule has 0 saturated heterocycles. The van der Waals surface area contributed by atoms with Gasteiger partial charge in [-0.15, -0.1) is 0 Å². The fourth-order valence-corrected chi connectivity index (χ4v) is 1.66. The minimum Gasteiger partial charge on any atom is -0.381 e. The Hall–Kier alpha value is -1.88. The molecule has 0 saturated carbocycles. The van der Waals surface area contributed by atoms with E-state index in [1.807, 2.05) is 12.1 Å². The van der Waals surface area contributed by atoms with Crippen LogP contribution in [-0.4, -0.2) is 33.6 Å². The van der Waals surface area contributed by atoms with E-state index in [-0.39, 0.29) is 5.91 Å². The first-order chi connectivity index (χ1) is 7.89. The third kappa shape index (κ3) is 2.14. The van der Waals surface area contributed by atoms with Gasteiger partial charge in [0.15, 0.2) is 0 Å². The van der Waals surface area contributed by atoms with Crippen LogP contribution in [0.5, 0.6) is 0 Å². The van der Waals surface area contributed by atoms with Gasteiger partial charge in [0.05, 0.1) is 17.4 Å². The maximum absolute atomic E-state index is 11.9. The Morgan fingerprint density at radius 2 is 2.18 bits per heavy atom. The molecule has 1 heterocycles. The van der Waals surface area contributed by atoms with Crippen molar-refractivity contribution < 1.29 is 9.90 Å².